The minimum atomic E-state index is 0.0780. The highest BCUT2D eigenvalue weighted by molar-refractivity contribution is 5.77. The summed E-state index contributed by atoms with van der Waals surface area (Å²) >= 11 is 0. The van der Waals surface area contributed by atoms with Crippen LogP contribution in [0.25, 0.3) is 0 Å². The summed E-state index contributed by atoms with van der Waals surface area (Å²) in [4.78, 5) is 3.93. The molecule has 0 aromatic heterocycles. The molecule has 0 aliphatic heterocycles. The number of nitrogens with two attached hydrogens (primary N) is 2. The summed E-state index contributed by atoms with van der Waals surface area (Å²) in [5.74, 6) is 0.0780. The molecule has 0 rings (SSSR count). The molecule has 0 aliphatic carbocycles. The van der Waals surface area contributed by atoms with Crippen molar-refractivity contribution in [2.45, 2.75) is 20.3 Å². The summed E-state index contributed by atoms with van der Waals surface area (Å²) in [7, 11) is 0. The zero-order valence-electron chi connectivity index (χ0n) is 8.20. The zero-order valence-corrected chi connectivity index (χ0v) is 8.20. The lowest BCUT2D eigenvalue weighted by molar-refractivity contribution is 1.22. The monoisotopic (exact) mass is 179 g/mol. The van der Waals surface area contributed by atoms with Crippen LogP contribution in [-0.2, 0) is 0 Å². The van der Waals surface area contributed by atoms with Crippen LogP contribution < -0.4 is 11.5 Å². The Balaban J connectivity index is 4.50. The Morgan fingerprint density at radius 2 is 2.08 bits per heavy atom. The summed E-state index contributed by atoms with van der Waals surface area (Å²) in [5, 5.41) is 0. The van der Waals surface area contributed by atoms with Crippen LogP contribution in [0.3, 0.4) is 0 Å². The molecule has 0 aromatic carbocycles. The molecule has 4 N–H and O–H groups in total. The first-order valence-electron chi connectivity index (χ1n) is 4.29. The van der Waals surface area contributed by atoms with Crippen LogP contribution in [0.15, 0.2) is 41.1 Å². The number of rotatable bonds is 4. The summed E-state index contributed by atoms with van der Waals surface area (Å²) in [6.45, 7) is 3.99. The van der Waals surface area contributed by atoms with E-state index in [0.29, 0.717) is 0 Å². The van der Waals surface area contributed by atoms with E-state index in [-0.39, 0.29) is 5.96 Å². The normalized spacial score (nSPS) is 12.6. The van der Waals surface area contributed by atoms with E-state index < -0.39 is 0 Å². The first-order valence-corrected chi connectivity index (χ1v) is 4.29. The van der Waals surface area contributed by atoms with Crippen molar-refractivity contribution in [3.8, 4) is 0 Å². The second-order valence-corrected chi connectivity index (χ2v) is 2.46. The molecule has 0 heterocycles. The van der Waals surface area contributed by atoms with Crippen LogP contribution in [0.1, 0.15) is 20.3 Å². The van der Waals surface area contributed by atoms with Gasteiger partial charge in [0.25, 0.3) is 0 Å². The number of nitrogens with zero attached hydrogens (tertiary/aromatic N) is 1. The van der Waals surface area contributed by atoms with Gasteiger partial charge in [-0.05, 0) is 25.5 Å². The first-order chi connectivity index (χ1) is 6.20. The molecule has 0 aliphatic rings. The second kappa shape index (κ2) is 7.16. The minimum absolute atomic E-state index is 0.0780. The quantitative estimate of drug-likeness (QED) is 0.392. The van der Waals surface area contributed by atoms with Gasteiger partial charge < -0.3 is 11.5 Å². The lowest BCUT2D eigenvalue weighted by atomic mass is 10.3. The predicted molar refractivity (Wildman–Crippen MR) is 58.1 cm³/mol. The molecule has 0 aromatic rings. The van der Waals surface area contributed by atoms with E-state index in [1.54, 1.807) is 0 Å². The van der Waals surface area contributed by atoms with E-state index in [9.17, 15) is 0 Å². The fraction of sp³-hybridized carbons (Fsp3) is 0.300. The standard InChI is InChI=1S/C10H17N3/c1-3-5-6-8-9(7-4-2)13-10(11)12/h4-8H,3H2,1-2H3,(H4,11,12,13)/b6-5+,7-4-,9-8+. The van der Waals surface area contributed by atoms with Crippen molar-refractivity contribution in [1.29, 1.82) is 0 Å². The molecule has 0 atom stereocenters. The Labute approximate surface area is 79.5 Å². The van der Waals surface area contributed by atoms with E-state index in [2.05, 4.69) is 11.9 Å². The number of guanidine groups is 1. The Bertz CT molecular complexity index is 243. The van der Waals surface area contributed by atoms with Crippen molar-refractivity contribution in [2.75, 3.05) is 0 Å². The zero-order chi connectivity index (χ0) is 10.1. The van der Waals surface area contributed by atoms with E-state index in [4.69, 9.17) is 11.5 Å². The van der Waals surface area contributed by atoms with Crippen molar-refractivity contribution >= 4 is 5.96 Å². The third kappa shape index (κ3) is 6.87. The summed E-state index contributed by atoms with van der Waals surface area (Å²) in [6.07, 6.45) is 10.6. The van der Waals surface area contributed by atoms with Gasteiger partial charge in [-0.2, -0.15) is 0 Å². The lowest BCUT2D eigenvalue weighted by Crippen LogP contribution is -2.22. The van der Waals surface area contributed by atoms with E-state index >= 15 is 0 Å². The van der Waals surface area contributed by atoms with Crippen LogP contribution in [0.2, 0.25) is 0 Å². The molecule has 0 saturated carbocycles. The summed E-state index contributed by atoms with van der Waals surface area (Å²) < 4.78 is 0. The van der Waals surface area contributed by atoms with Gasteiger partial charge in [-0.15, -0.1) is 0 Å². The van der Waals surface area contributed by atoms with Crippen LogP contribution in [0.5, 0.6) is 0 Å². The van der Waals surface area contributed by atoms with E-state index in [1.807, 2.05) is 37.3 Å². The van der Waals surface area contributed by atoms with Gasteiger partial charge in [-0.1, -0.05) is 25.2 Å². The molecule has 0 saturated heterocycles. The van der Waals surface area contributed by atoms with Crippen LogP contribution in [-0.4, -0.2) is 5.96 Å². The van der Waals surface area contributed by atoms with Crippen molar-refractivity contribution in [3.63, 3.8) is 0 Å². The van der Waals surface area contributed by atoms with Gasteiger partial charge in [-0.3, -0.25) is 0 Å². The van der Waals surface area contributed by atoms with Crippen molar-refractivity contribution in [1.82, 2.24) is 0 Å². The molecule has 3 heteroatoms. The maximum atomic E-state index is 5.26. The van der Waals surface area contributed by atoms with Gasteiger partial charge >= 0.3 is 0 Å². The first kappa shape index (κ1) is 11.5. The number of aliphatic imine (C=N–C) groups is 1. The van der Waals surface area contributed by atoms with Gasteiger partial charge in [0.2, 0.25) is 0 Å². The molecule has 0 fully saturated rings. The number of hydrogen-bond acceptors (Lipinski definition) is 1. The largest absolute Gasteiger partial charge is 0.370 e. The van der Waals surface area contributed by atoms with E-state index in [1.165, 1.54) is 0 Å². The maximum absolute atomic E-state index is 5.26. The SMILES string of the molecule is C\C=C/C(=C\C=C\CC)N=C(N)N. The third-order valence-electron chi connectivity index (χ3n) is 1.23. The smallest absolute Gasteiger partial charge is 0.191 e. The topological polar surface area (TPSA) is 64.4 Å². The number of allylic oxidation sites excluding steroid dienone is 5. The Kier molecular flexibility index (Phi) is 6.32. The van der Waals surface area contributed by atoms with Crippen molar-refractivity contribution in [3.05, 3.63) is 36.1 Å². The van der Waals surface area contributed by atoms with Crippen molar-refractivity contribution < 1.29 is 0 Å². The highest BCUT2D eigenvalue weighted by atomic mass is 15.0. The minimum Gasteiger partial charge on any atom is -0.370 e. The molecule has 0 bridgehead atoms. The molecule has 3 nitrogen and oxygen atoms in total. The van der Waals surface area contributed by atoms with Gasteiger partial charge in [-0.25, -0.2) is 4.99 Å². The van der Waals surface area contributed by atoms with Gasteiger partial charge in [0.1, 0.15) is 0 Å². The second-order valence-electron chi connectivity index (χ2n) is 2.46. The van der Waals surface area contributed by atoms with Gasteiger partial charge in [0.15, 0.2) is 5.96 Å². The third-order valence-corrected chi connectivity index (χ3v) is 1.23. The summed E-state index contributed by atoms with van der Waals surface area (Å²) in [6, 6.07) is 0. The Hall–Kier alpha value is -1.51. The average molecular weight is 179 g/mol. The molecule has 0 spiro atoms. The summed E-state index contributed by atoms with van der Waals surface area (Å²) in [5.41, 5.74) is 11.3. The highest BCUT2D eigenvalue weighted by Crippen LogP contribution is 1.99. The Morgan fingerprint density at radius 1 is 1.38 bits per heavy atom. The van der Waals surface area contributed by atoms with Crippen molar-refractivity contribution in [2.24, 2.45) is 16.5 Å². The average Bonchev–Trinajstić information content (AvgIpc) is 2.04. The van der Waals surface area contributed by atoms with Crippen LogP contribution in [0.4, 0.5) is 0 Å². The van der Waals surface area contributed by atoms with E-state index in [0.717, 1.165) is 12.1 Å². The predicted octanol–water partition coefficient (Wildman–Crippen LogP) is 1.69. The molecule has 0 radical (unpaired) electrons. The molecular weight excluding hydrogens is 162 g/mol. The highest BCUT2D eigenvalue weighted by Gasteiger charge is 1.85. The molecule has 13 heavy (non-hydrogen) atoms. The molecule has 0 unspecified atom stereocenters. The Morgan fingerprint density at radius 3 is 2.54 bits per heavy atom. The molecule has 72 valence electrons. The molecular formula is C10H17N3. The van der Waals surface area contributed by atoms with Crippen LogP contribution in [0, 0.1) is 0 Å². The molecule has 0 amide bonds. The number of hydrogen-bond donors (Lipinski definition) is 2. The fourth-order valence-corrected chi connectivity index (χ4v) is 0.753. The lowest BCUT2D eigenvalue weighted by Gasteiger charge is -1.92. The maximum Gasteiger partial charge on any atom is 0.191 e. The fourth-order valence-electron chi connectivity index (χ4n) is 0.753. The van der Waals surface area contributed by atoms with Gasteiger partial charge in [0, 0.05) is 0 Å². The van der Waals surface area contributed by atoms with Crippen LogP contribution >= 0.6 is 0 Å². The van der Waals surface area contributed by atoms with Gasteiger partial charge in [0.05, 0.1) is 5.70 Å².